The fourth-order valence-electron chi connectivity index (χ4n) is 7.05. The van der Waals surface area contributed by atoms with Crippen molar-refractivity contribution >= 4 is 5.91 Å². The highest BCUT2D eigenvalue weighted by Gasteiger charge is 2.28. The molecule has 0 aromatic carbocycles. The van der Waals surface area contributed by atoms with Crippen molar-refractivity contribution in [1.82, 2.24) is 5.32 Å². The number of hydrogen-bond donors (Lipinski definition) is 5. The molecule has 0 bridgehead atoms. The topological polar surface area (TPSA) is 110 Å². The molecule has 0 aromatic heterocycles. The highest BCUT2D eigenvalue weighted by Crippen LogP contribution is 2.17. The summed E-state index contributed by atoms with van der Waals surface area (Å²) in [6.07, 6.45) is 40.1. The SMILES string of the molecule is CCCCCCCCCCCCCCCCCCCCCCCCCCC(O)C(=O)NC(CO)C(O)C(O)CCCCCCCCCCC. The van der Waals surface area contributed by atoms with E-state index in [1.165, 1.54) is 173 Å². The van der Waals surface area contributed by atoms with Crippen molar-refractivity contribution < 1.29 is 25.2 Å². The first-order valence-corrected chi connectivity index (χ1v) is 21.9. The van der Waals surface area contributed by atoms with Crippen LogP contribution in [0.25, 0.3) is 0 Å². The van der Waals surface area contributed by atoms with Crippen molar-refractivity contribution in [3.05, 3.63) is 0 Å². The lowest BCUT2D eigenvalue weighted by molar-refractivity contribution is -0.132. The van der Waals surface area contributed by atoms with Gasteiger partial charge in [0.1, 0.15) is 12.2 Å². The molecule has 0 fully saturated rings. The van der Waals surface area contributed by atoms with E-state index in [0.29, 0.717) is 12.8 Å². The zero-order valence-corrected chi connectivity index (χ0v) is 33.0. The minimum absolute atomic E-state index is 0.375. The fraction of sp³-hybridized carbons (Fsp3) is 0.977. The molecule has 6 heteroatoms. The Kier molecular flexibility index (Phi) is 38.0. The summed E-state index contributed by atoms with van der Waals surface area (Å²) < 4.78 is 0. The molecular weight excluding hydrogens is 610 g/mol. The Morgan fingerprint density at radius 3 is 0.980 bits per heavy atom. The van der Waals surface area contributed by atoms with Crippen LogP contribution in [0.4, 0.5) is 0 Å². The van der Waals surface area contributed by atoms with Gasteiger partial charge in [-0.15, -0.1) is 0 Å². The molecule has 0 aliphatic heterocycles. The van der Waals surface area contributed by atoms with Gasteiger partial charge in [0.2, 0.25) is 5.91 Å². The quantitative estimate of drug-likeness (QED) is 0.0409. The molecular formula is C43H87NO5. The highest BCUT2D eigenvalue weighted by atomic mass is 16.3. The van der Waals surface area contributed by atoms with Gasteiger partial charge in [-0.1, -0.05) is 226 Å². The van der Waals surface area contributed by atoms with Crippen LogP contribution in [0.1, 0.15) is 239 Å². The van der Waals surface area contributed by atoms with Crippen LogP contribution >= 0.6 is 0 Å². The Morgan fingerprint density at radius 1 is 0.429 bits per heavy atom. The van der Waals surface area contributed by atoms with E-state index in [9.17, 15) is 25.2 Å². The van der Waals surface area contributed by atoms with Gasteiger partial charge < -0.3 is 25.7 Å². The lowest BCUT2D eigenvalue weighted by atomic mass is 9.99. The third-order valence-corrected chi connectivity index (χ3v) is 10.6. The molecule has 0 spiro atoms. The summed E-state index contributed by atoms with van der Waals surface area (Å²) in [7, 11) is 0. The number of rotatable bonds is 40. The van der Waals surface area contributed by atoms with Crippen LogP contribution in [0.15, 0.2) is 0 Å². The standard InChI is InChI=1S/C43H87NO5/c1-3-5-7-9-11-13-14-15-16-17-18-19-20-21-22-23-24-25-26-27-29-31-33-35-37-41(47)43(49)44-39(38-45)42(48)40(46)36-34-32-30-28-12-10-8-6-4-2/h39-42,45-48H,3-38H2,1-2H3,(H,44,49). The molecule has 0 saturated carbocycles. The summed E-state index contributed by atoms with van der Waals surface area (Å²) in [4.78, 5) is 12.5. The molecule has 0 aliphatic carbocycles. The van der Waals surface area contributed by atoms with Crippen molar-refractivity contribution in [2.45, 2.75) is 263 Å². The van der Waals surface area contributed by atoms with E-state index < -0.39 is 36.9 Å². The summed E-state index contributed by atoms with van der Waals surface area (Å²) in [5, 5.41) is 43.5. The average molecular weight is 698 g/mol. The van der Waals surface area contributed by atoms with Gasteiger partial charge in [0.25, 0.3) is 0 Å². The van der Waals surface area contributed by atoms with E-state index in [1.54, 1.807) is 0 Å². The van der Waals surface area contributed by atoms with Crippen LogP contribution in [-0.4, -0.2) is 57.3 Å². The molecule has 0 aliphatic rings. The Balaban J connectivity index is 3.59. The number of carbonyl (C=O) groups is 1. The Bertz CT molecular complexity index is 662. The van der Waals surface area contributed by atoms with Gasteiger partial charge in [0, 0.05) is 0 Å². The number of nitrogens with one attached hydrogen (secondary N) is 1. The Labute approximate surface area is 305 Å². The second kappa shape index (κ2) is 38.5. The molecule has 0 heterocycles. The summed E-state index contributed by atoms with van der Waals surface area (Å²) in [5.41, 5.74) is 0. The monoisotopic (exact) mass is 698 g/mol. The molecule has 0 saturated heterocycles. The van der Waals surface area contributed by atoms with Crippen LogP contribution < -0.4 is 5.32 Å². The van der Waals surface area contributed by atoms with Crippen LogP contribution in [0.2, 0.25) is 0 Å². The molecule has 4 atom stereocenters. The molecule has 1 amide bonds. The van der Waals surface area contributed by atoms with Gasteiger partial charge in [-0.05, 0) is 12.8 Å². The van der Waals surface area contributed by atoms with Crippen molar-refractivity contribution in [1.29, 1.82) is 0 Å². The van der Waals surface area contributed by atoms with Gasteiger partial charge in [-0.25, -0.2) is 0 Å². The summed E-state index contributed by atoms with van der Waals surface area (Å²) in [6.45, 7) is 4.03. The maximum Gasteiger partial charge on any atom is 0.249 e. The molecule has 0 radical (unpaired) electrons. The minimum atomic E-state index is -1.25. The first-order valence-electron chi connectivity index (χ1n) is 21.9. The van der Waals surface area contributed by atoms with Crippen LogP contribution in [-0.2, 0) is 4.79 Å². The van der Waals surface area contributed by atoms with Gasteiger partial charge in [0.05, 0.1) is 18.8 Å². The van der Waals surface area contributed by atoms with E-state index in [-0.39, 0.29) is 0 Å². The van der Waals surface area contributed by atoms with E-state index in [2.05, 4.69) is 19.2 Å². The second-order valence-electron chi connectivity index (χ2n) is 15.4. The minimum Gasteiger partial charge on any atom is -0.394 e. The fourth-order valence-corrected chi connectivity index (χ4v) is 7.05. The van der Waals surface area contributed by atoms with Crippen LogP contribution in [0.5, 0.6) is 0 Å². The predicted molar refractivity (Wildman–Crippen MR) is 210 cm³/mol. The number of aliphatic hydroxyl groups is 4. The largest absolute Gasteiger partial charge is 0.394 e. The second-order valence-corrected chi connectivity index (χ2v) is 15.4. The maximum atomic E-state index is 12.5. The number of unbranched alkanes of at least 4 members (excludes halogenated alkanes) is 31. The van der Waals surface area contributed by atoms with E-state index in [4.69, 9.17) is 0 Å². The lowest BCUT2D eigenvalue weighted by Crippen LogP contribution is -2.53. The van der Waals surface area contributed by atoms with Crippen molar-refractivity contribution in [2.75, 3.05) is 6.61 Å². The smallest absolute Gasteiger partial charge is 0.249 e. The number of amides is 1. The summed E-state index contributed by atoms with van der Waals surface area (Å²) in [6, 6.07) is -0.977. The number of carbonyl (C=O) groups excluding carboxylic acids is 1. The van der Waals surface area contributed by atoms with Gasteiger partial charge in [0.15, 0.2) is 0 Å². The first kappa shape index (κ1) is 48.3. The summed E-state index contributed by atoms with van der Waals surface area (Å²) >= 11 is 0. The highest BCUT2D eigenvalue weighted by molar-refractivity contribution is 5.80. The van der Waals surface area contributed by atoms with Gasteiger partial charge >= 0.3 is 0 Å². The normalized spacial score (nSPS) is 14.2. The summed E-state index contributed by atoms with van der Waals surface area (Å²) in [5.74, 6) is -0.581. The lowest BCUT2D eigenvalue weighted by Gasteiger charge is -2.27. The molecule has 5 N–H and O–H groups in total. The van der Waals surface area contributed by atoms with Crippen molar-refractivity contribution in [3.8, 4) is 0 Å². The van der Waals surface area contributed by atoms with E-state index in [0.717, 1.165) is 38.5 Å². The van der Waals surface area contributed by atoms with E-state index >= 15 is 0 Å². The third kappa shape index (κ3) is 32.9. The van der Waals surface area contributed by atoms with Gasteiger partial charge in [-0.3, -0.25) is 4.79 Å². The van der Waals surface area contributed by atoms with Gasteiger partial charge in [-0.2, -0.15) is 0 Å². The molecule has 294 valence electrons. The molecule has 0 rings (SSSR count). The average Bonchev–Trinajstić information content (AvgIpc) is 3.11. The third-order valence-electron chi connectivity index (χ3n) is 10.6. The molecule has 0 aromatic rings. The van der Waals surface area contributed by atoms with Crippen molar-refractivity contribution in [3.63, 3.8) is 0 Å². The van der Waals surface area contributed by atoms with E-state index in [1.807, 2.05) is 0 Å². The first-order chi connectivity index (χ1) is 24.0. The Hall–Kier alpha value is -0.690. The molecule has 49 heavy (non-hydrogen) atoms. The zero-order valence-electron chi connectivity index (χ0n) is 33.0. The Morgan fingerprint density at radius 2 is 0.694 bits per heavy atom. The van der Waals surface area contributed by atoms with Crippen LogP contribution in [0.3, 0.4) is 0 Å². The zero-order chi connectivity index (χ0) is 36.0. The number of hydrogen-bond acceptors (Lipinski definition) is 5. The van der Waals surface area contributed by atoms with Crippen LogP contribution in [0, 0.1) is 0 Å². The molecule has 4 unspecified atom stereocenters. The predicted octanol–water partition coefficient (Wildman–Crippen LogP) is 11.2. The van der Waals surface area contributed by atoms with Crippen molar-refractivity contribution in [2.24, 2.45) is 0 Å². The number of aliphatic hydroxyl groups excluding tert-OH is 4. The maximum absolute atomic E-state index is 12.5. The molecule has 6 nitrogen and oxygen atoms in total.